The Morgan fingerprint density at radius 1 is 1.15 bits per heavy atom. The number of benzene rings is 1. The van der Waals surface area contributed by atoms with Gasteiger partial charge in [0.15, 0.2) is 0 Å². The van der Waals surface area contributed by atoms with Crippen LogP contribution in [0.4, 0.5) is 0 Å². The van der Waals surface area contributed by atoms with Crippen LogP contribution in [-0.2, 0) is 22.4 Å². The van der Waals surface area contributed by atoms with Gasteiger partial charge in [-0.3, -0.25) is 0 Å². The summed E-state index contributed by atoms with van der Waals surface area (Å²) >= 11 is -0.269. The second-order valence-electron chi connectivity index (χ2n) is 5.31. The molecule has 0 fully saturated rings. The summed E-state index contributed by atoms with van der Waals surface area (Å²) < 4.78 is 0.836. The third-order valence-corrected chi connectivity index (χ3v) is 13.5. The molecule has 104 valence electrons. The molecule has 2 aliphatic carbocycles. The summed E-state index contributed by atoms with van der Waals surface area (Å²) in [7, 11) is 0. The fourth-order valence-corrected chi connectivity index (χ4v) is 12.7. The van der Waals surface area contributed by atoms with Crippen molar-refractivity contribution in [1.29, 1.82) is 0 Å². The molecular formula is C16H18Cl2SiZr. The van der Waals surface area contributed by atoms with Crippen LogP contribution in [0.5, 0.6) is 0 Å². The summed E-state index contributed by atoms with van der Waals surface area (Å²) in [6.45, 7) is 5.07. The van der Waals surface area contributed by atoms with Crippen LogP contribution in [0.1, 0.15) is 21.2 Å². The van der Waals surface area contributed by atoms with Crippen molar-refractivity contribution >= 4 is 12.0 Å². The van der Waals surface area contributed by atoms with Crippen LogP contribution in [0.2, 0.25) is 13.1 Å². The molecule has 1 aromatic carbocycles. The molecule has 0 radical (unpaired) electrons. The van der Waals surface area contributed by atoms with Crippen molar-refractivity contribution < 1.29 is 47.2 Å². The molecule has 3 rings (SSSR count). The number of allylic oxidation sites excluding steroid dienone is 5. The van der Waals surface area contributed by atoms with Gasteiger partial charge in [-0.2, -0.15) is 0 Å². The molecule has 0 amide bonds. The Morgan fingerprint density at radius 3 is 2.55 bits per heavy atom. The van der Waals surface area contributed by atoms with E-state index >= 15 is 0 Å². The van der Waals surface area contributed by atoms with E-state index in [-0.39, 0.29) is 53.1 Å². The number of fused-ring (bicyclic) bond motifs is 1. The van der Waals surface area contributed by atoms with Crippen LogP contribution < -0.4 is 24.8 Å². The van der Waals surface area contributed by atoms with Crippen molar-refractivity contribution in [3.63, 3.8) is 0 Å². The molecule has 0 saturated carbocycles. The van der Waals surface area contributed by atoms with Crippen molar-refractivity contribution in [2.45, 2.75) is 23.1 Å². The van der Waals surface area contributed by atoms with Crippen LogP contribution in [0, 0.1) is 0 Å². The average molecular weight is 401 g/mol. The summed E-state index contributed by atoms with van der Waals surface area (Å²) in [6, 6.07) is 9.04. The summed E-state index contributed by atoms with van der Waals surface area (Å²) in [5.74, 6) is -0.382. The predicted octanol–water partition coefficient (Wildman–Crippen LogP) is -1.92. The molecule has 0 bridgehead atoms. The molecule has 1 unspecified atom stereocenters. The van der Waals surface area contributed by atoms with E-state index in [2.05, 4.69) is 61.7 Å². The van der Waals surface area contributed by atoms with Gasteiger partial charge in [0.1, 0.15) is 0 Å². The molecular weight excluding hydrogens is 382 g/mol. The van der Waals surface area contributed by atoms with Gasteiger partial charge in [0.2, 0.25) is 0 Å². The molecule has 0 spiro atoms. The van der Waals surface area contributed by atoms with E-state index < -0.39 is 0 Å². The molecule has 4 heteroatoms. The number of hydrogen-bond acceptors (Lipinski definition) is 0. The summed E-state index contributed by atoms with van der Waals surface area (Å²) in [6.07, 6.45) is 10.4. The third-order valence-electron chi connectivity index (χ3n) is 3.57. The molecule has 0 aliphatic heterocycles. The fourth-order valence-electron chi connectivity index (χ4n) is 2.78. The zero-order valence-electron chi connectivity index (χ0n) is 11.7. The quantitative estimate of drug-likeness (QED) is 0.520. The van der Waals surface area contributed by atoms with E-state index in [0.717, 1.165) is 10.0 Å². The Bertz CT molecular complexity index is 561. The second-order valence-corrected chi connectivity index (χ2v) is 20.3. The predicted molar refractivity (Wildman–Crippen MR) is 77.9 cm³/mol. The fraction of sp³-hybridized carbons (Fsp3) is 0.250. The second kappa shape index (κ2) is 7.94. The molecule has 2 aliphatic rings. The third kappa shape index (κ3) is 3.65. The van der Waals surface area contributed by atoms with Crippen LogP contribution in [0.3, 0.4) is 0 Å². The van der Waals surface area contributed by atoms with E-state index in [0.29, 0.717) is 0 Å². The van der Waals surface area contributed by atoms with Crippen LogP contribution in [0.15, 0.2) is 53.6 Å². The topological polar surface area (TPSA) is 0 Å². The number of halogens is 2. The smallest absolute Gasteiger partial charge is 1.00 e. The van der Waals surface area contributed by atoms with Gasteiger partial charge in [0, 0.05) is 0 Å². The SMILES string of the molecule is C[SiH](C)[Zr+2][CH]1C(C2=CC=CC2)=Cc2ccccc21.[Cl-].[Cl-]. The Kier molecular flexibility index (Phi) is 7.21. The maximum absolute atomic E-state index is 2.53. The summed E-state index contributed by atoms with van der Waals surface area (Å²) in [5.41, 5.74) is 6.36. The minimum absolute atomic E-state index is 0. The van der Waals surface area contributed by atoms with Crippen LogP contribution in [0.25, 0.3) is 6.08 Å². The van der Waals surface area contributed by atoms with Gasteiger partial charge in [-0.15, -0.1) is 0 Å². The first-order valence-electron chi connectivity index (χ1n) is 6.68. The van der Waals surface area contributed by atoms with E-state index in [1.54, 1.807) is 16.7 Å². The molecule has 1 aromatic rings. The van der Waals surface area contributed by atoms with Crippen molar-refractivity contribution in [2.75, 3.05) is 0 Å². The average Bonchev–Trinajstić information content (AvgIpc) is 2.96. The molecule has 0 heterocycles. The van der Waals surface area contributed by atoms with Gasteiger partial charge in [0.25, 0.3) is 0 Å². The first-order chi connectivity index (χ1) is 8.75. The van der Waals surface area contributed by atoms with E-state index in [4.69, 9.17) is 0 Å². The standard InChI is InChI=1S/C14H11.C2H7Si.2ClH.Zr/c1-2-6-11(5-1)14-9-12-7-3-4-8-13(12)10-14;1-3-2;;;/h1-5,7-10H,6H2;3H,1-2H3;2*1H;/q;;;;+2/p-2. The molecule has 0 aromatic heterocycles. The van der Waals surface area contributed by atoms with Crippen molar-refractivity contribution in [1.82, 2.24) is 0 Å². The van der Waals surface area contributed by atoms with Gasteiger partial charge in [-0.05, 0) is 0 Å². The molecule has 0 N–H and O–H groups in total. The van der Waals surface area contributed by atoms with Crippen molar-refractivity contribution in [2.24, 2.45) is 0 Å². The Morgan fingerprint density at radius 2 is 1.90 bits per heavy atom. The van der Waals surface area contributed by atoms with E-state index in [1.807, 2.05) is 0 Å². The maximum atomic E-state index is 2.53. The molecule has 1 atom stereocenters. The van der Waals surface area contributed by atoms with Gasteiger partial charge in [-0.1, -0.05) is 0 Å². The molecule has 0 nitrogen and oxygen atoms in total. The zero-order valence-corrected chi connectivity index (χ0v) is 16.9. The van der Waals surface area contributed by atoms with Crippen molar-refractivity contribution in [3.05, 3.63) is 64.8 Å². The zero-order chi connectivity index (χ0) is 12.5. The van der Waals surface area contributed by atoms with Gasteiger partial charge in [-0.25, -0.2) is 0 Å². The minimum Gasteiger partial charge on any atom is -1.00 e. The van der Waals surface area contributed by atoms with E-state index in [1.165, 1.54) is 5.56 Å². The van der Waals surface area contributed by atoms with Crippen LogP contribution in [-0.4, -0.2) is 5.92 Å². The van der Waals surface area contributed by atoms with Gasteiger partial charge < -0.3 is 24.8 Å². The monoisotopic (exact) mass is 398 g/mol. The van der Waals surface area contributed by atoms with Crippen LogP contribution >= 0.6 is 0 Å². The summed E-state index contributed by atoms with van der Waals surface area (Å²) in [5, 5.41) is 0. The number of rotatable bonds is 3. The normalized spacial score (nSPS) is 18.6. The van der Waals surface area contributed by atoms with Crippen molar-refractivity contribution in [3.8, 4) is 0 Å². The molecule has 0 saturated heterocycles. The summed E-state index contributed by atoms with van der Waals surface area (Å²) in [4.78, 5) is 0. The molecule has 20 heavy (non-hydrogen) atoms. The Hall–Kier alpha value is 0.120. The maximum Gasteiger partial charge on any atom is -1.00 e. The number of hydrogen-bond donors (Lipinski definition) is 0. The van der Waals surface area contributed by atoms with Gasteiger partial charge >= 0.3 is 122 Å². The first kappa shape index (κ1) is 18.2. The first-order valence-corrected chi connectivity index (χ1v) is 15.2. The Balaban J connectivity index is 0.000001000. The Labute approximate surface area is 146 Å². The van der Waals surface area contributed by atoms with Gasteiger partial charge in [0.05, 0.1) is 0 Å². The largest absolute Gasteiger partial charge is 1.00 e. The minimum atomic E-state index is -0.382. The van der Waals surface area contributed by atoms with E-state index in [9.17, 15) is 0 Å².